The lowest BCUT2D eigenvalue weighted by atomic mass is 10.2. The number of nitrogens with one attached hydrogen (secondary N) is 2. The highest BCUT2D eigenvalue weighted by atomic mass is 127. The van der Waals surface area contributed by atoms with Gasteiger partial charge in [-0.1, -0.05) is 12.1 Å². The van der Waals surface area contributed by atoms with Crippen LogP contribution in [0.4, 0.5) is 14.5 Å². The molecule has 2 aromatic rings. The third-order valence-electron chi connectivity index (χ3n) is 4.64. The van der Waals surface area contributed by atoms with E-state index < -0.39 is 6.55 Å². The minimum Gasteiger partial charge on any atom is -0.495 e. The van der Waals surface area contributed by atoms with Crippen molar-refractivity contribution in [3.05, 3.63) is 42.5 Å². The van der Waals surface area contributed by atoms with E-state index in [-0.39, 0.29) is 42.4 Å². The predicted molar refractivity (Wildman–Crippen MR) is 120 cm³/mol. The number of para-hydroxylation sites is 2. The van der Waals surface area contributed by atoms with Crippen LogP contribution in [0, 0.1) is 0 Å². The molecule has 2 heterocycles. The van der Waals surface area contributed by atoms with Crippen molar-refractivity contribution in [3.8, 4) is 5.75 Å². The number of rotatable bonds is 7. The summed E-state index contributed by atoms with van der Waals surface area (Å²) in [5, 5.41) is 6.57. The molecular weight excluding hydrogens is 493 g/mol. The smallest absolute Gasteiger partial charge is 0.319 e. The van der Waals surface area contributed by atoms with Crippen molar-refractivity contribution in [2.75, 3.05) is 31.6 Å². The molecule has 1 fully saturated rings. The number of halogens is 3. The van der Waals surface area contributed by atoms with Crippen LogP contribution in [0.5, 0.6) is 5.75 Å². The van der Waals surface area contributed by atoms with Crippen molar-refractivity contribution in [1.82, 2.24) is 20.2 Å². The van der Waals surface area contributed by atoms with Gasteiger partial charge < -0.3 is 20.3 Å². The van der Waals surface area contributed by atoms with E-state index >= 15 is 0 Å². The summed E-state index contributed by atoms with van der Waals surface area (Å²) in [7, 11) is 1.67. The minimum atomic E-state index is -2.62. The van der Waals surface area contributed by atoms with Crippen LogP contribution in [0.1, 0.15) is 25.7 Å². The van der Waals surface area contributed by atoms with E-state index in [9.17, 15) is 8.78 Å². The summed E-state index contributed by atoms with van der Waals surface area (Å²) in [5.41, 5.74) is 1.07. The summed E-state index contributed by atoms with van der Waals surface area (Å²) in [6, 6.07) is 8.14. The summed E-state index contributed by atoms with van der Waals surface area (Å²) in [4.78, 5) is 10.7. The predicted octanol–water partition coefficient (Wildman–Crippen LogP) is 3.24. The van der Waals surface area contributed by atoms with Gasteiger partial charge in [-0.2, -0.15) is 8.78 Å². The number of anilines is 1. The van der Waals surface area contributed by atoms with E-state index in [1.165, 1.54) is 12.4 Å². The molecule has 10 heteroatoms. The maximum atomic E-state index is 13.0. The number of nitrogens with zero attached hydrogens (tertiary/aromatic N) is 4. The van der Waals surface area contributed by atoms with Gasteiger partial charge >= 0.3 is 6.55 Å². The molecule has 7 nitrogen and oxygen atoms in total. The van der Waals surface area contributed by atoms with E-state index in [4.69, 9.17) is 4.74 Å². The Balaban J connectivity index is 0.00000300. The first-order valence-electron chi connectivity index (χ1n) is 9.35. The molecule has 1 aliphatic heterocycles. The number of guanidine groups is 1. The maximum absolute atomic E-state index is 13.0. The first-order valence-corrected chi connectivity index (χ1v) is 9.35. The van der Waals surface area contributed by atoms with Crippen LogP contribution in [-0.4, -0.2) is 48.3 Å². The summed E-state index contributed by atoms with van der Waals surface area (Å²) < 4.78 is 32.2. The van der Waals surface area contributed by atoms with Gasteiger partial charge in [0.1, 0.15) is 18.1 Å². The average molecular weight is 520 g/mol. The van der Waals surface area contributed by atoms with Gasteiger partial charge in [-0.3, -0.25) is 4.57 Å². The molecule has 1 unspecified atom stereocenters. The number of hydrogen-bond donors (Lipinski definition) is 2. The molecule has 0 radical (unpaired) electrons. The lowest BCUT2D eigenvalue weighted by Crippen LogP contribution is -2.44. The second-order valence-corrected chi connectivity index (χ2v) is 6.47. The zero-order valence-electron chi connectivity index (χ0n) is 16.5. The largest absolute Gasteiger partial charge is 0.495 e. The molecule has 1 saturated heterocycles. The minimum absolute atomic E-state index is 0. The molecule has 3 rings (SSSR count). The fourth-order valence-electron chi connectivity index (χ4n) is 3.30. The average Bonchev–Trinajstić information content (AvgIpc) is 3.35. The number of alkyl halides is 2. The molecule has 160 valence electrons. The van der Waals surface area contributed by atoms with Crippen LogP contribution in [0.3, 0.4) is 0 Å². The Labute approximate surface area is 186 Å². The number of aromatic nitrogens is 2. The zero-order chi connectivity index (χ0) is 19.9. The number of benzene rings is 1. The number of ether oxygens (including phenoxy) is 1. The molecule has 0 bridgehead atoms. The normalized spacial score (nSPS) is 16.7. The fourth-order valence-corrected chi connectivity index (χ4v) is 3.30. The van der Waals surface area contributed by atoms with Crippen LogP contribution in [0.2, 0.25) is 0 Å². The number of hydrogen-bond acceptors (Lipinski definition) is 4. The van der Waals surface area contributed by atoms with Crippen LogP contribution in [0.15, 0.2) is 41.7 Å². The van der Waals surface area contributed by atoms with Gasteiger partial charge in [-0.15, -0.1) is 24.0 Å². The number of imidazole rings is 1. The molecule has 2 N–H and O–H groups in total. The molecular formula is C19H27F2IN6O. The summed E-state index contributed by atoms with van der Waals surface area (Å²) in [6.07, 6.45) is 3.56. The topological polar surface area (TPSA) is 66.7 Å². The molecule has 1 atom stereocenters. The molecule has 0 aliphatic carbocycles. The Hall–Kier alpha value is -2.11. The first kappa shape index (κ1) is 23.2. The second kappa shape index (κ2) is 11.2. The maximum Gasteiger partial charge on any atom is 0.319 e. The van der Waals surface area contributed by atoms with E-state index in [0.29, 0.717) is 12.5 Å². The van der Waals surface area contributed by atoms with Crippen molar-refractivity contribution in [1.29, 1.82) is 0 Å². The monoisotopic (exact) mass is 520 g/mol. The fraction of sp³-hybridized carbons (Fsp3) is 0.474. The van der Waals surface area contributed by atoms with Gasteiger partial charge in [0.25, 0.3) is 0 Å². The van der Waals surface area contributed by atoms with Crippen molar-refractivity contribution in [2.45, 2.75) is 32.5 Å². The Bertz CT molecular complexity index is 801. The summed E-state index contributed by atoms with van der Waals surface area (Å²) in [5.74, 6) is 1.68. The molecule has 0 amide bonds. The second-order valence-electron chi connectivity index (χ2n) is 6.47. The van der Waals surface area contributed by atoms with Crippen LogP contribution >= 0.6 is 24.0 Å². The Morgan fingerprint density at radius 1 is 1.38 bits per heavy atom. The molecule has 1 aromatic heterocycles. The van der Waals surface area contributed by atoms with E-state index in [1.807, 2.05) is 31.2 Å². The van der Waals surface area contributed by atoms with E-state index in [0.717, 1.165) is 35.5 Å². The highest BCUT2D eigenvalue weighted by molar-refractivity contribution is 14.0. The highest BCUT2D eigenvalue weighted by Crippen LogP contribution is 2.30. The molecule has 0 spiro atoms. The Kier molecular flexibility index (Phi) is 8.93. The van der Waals surface area contributed by atoms with E-state index in [2.05, 4.69) is 25.5 Å². The van der Waals surface area contributed by atoms with Crippen molar-refractivity contribution in [3.63, 3.8) is 0 Å². The van der Waals surface area contributed by atoms with Crippen LogP contribution in [-0.2, 0) is 6.54 Å². The molecule has 0 saturated carbocycles. The third kappa shape index (κ3) is 5.94. The van der Waals surface area contributed by atoms with E-state index in [1.54, 1.807) is 7.11 Å². The summed E-state index contributed by atoms with van der Waals surface area (Å²) in [6.45, 7) is 1.80. The van der Waals surface area contributed by atoms with Gasteiger partial charge in [0.05, 0.1) is 12.8 Å². The standard InChI is InChI=1S/C19H26F2N6O.HI/c1-3-22-19(24-12-17-23-9-11-27(17)18(20)21)25-14-8-10-26(13-14)15-6-4-5-7-16(15)28-2;/h4-7,9,11,14,18H,3,8,10,12-13H2,1-2H3,(H2,22,24,25);1H. The molecule has 29 heavy (non-hydrogen) atoms. The lowest BCUT2D eigenvalue weighted by Gasteiger charge is -2.22. The molecule has 1 aromatic carbocycles. The SMILES string of the molecule is CCNC(=NCc1nccn1C(F)F)NC1CCN(c2ccccc2OC)C1.I. The van der Waals surface area contributed by atoms with Gasteiger partial charge in [0.2, 0.25) is 0 Å². The highest BCUT2D eigenvalue weighted by Gasteiger charge is 2.25. The Morgan fingerprint density at radius 3 is 2.90 bits per heavy atom. The van der Waals surface area contributed by atoms with Gasteiger partial charge in [-0.05, 0) is 25.5 Å². The van der Waals surface area contributed by atoms with Crippen molar-refractivity contribution in [2.24, 2.45) is 4.99 Å². The zero-order valence-corrected chi connectivity index (χ0v) is 18.8. The van der Waals surface area contributed by atoms with Gasteiger partial charge in [0.15, 0.2) is 5.96 Å². The number of aliphatic imine (C=N–C) groups is 1. The van der Waals surface area contributed by atoms with Gasteiger partial charge in [-0.25, -0.2) is 9.98 Å². The summed E-state index contributed by atoms with van der Waals surface area (Å²) >= 11 is 0. The molecule has 1 aliphatic rings. The number of methoxy groups -OCH3 is 1. The van der Waals surface area contributed by atoms with Crippen LogP contribution in [0.25, 0.3) is 0 Å². The van der Waals surface area contributed by atoms with Gasteiger partial charge in [0, 0.05) is 38.1 Å². The van der Waals surface area contributed by atoms with Crippen molar-refractivity contribution >= 4 is 35.6 Å². The van der Waals surface area contributed by atoms with Crippen LogP contribution < -0.4 is 20.3 Å². The quantitative estimate of drug-likeness (QED) is 0.334. The third-order valence-corrected chi connectivity index (χ3v) is 4.64. The lowest BCUT2D eigenvalue weighted by molar-refractivity contribution is 0.0671. The first-order chi connectivity index (χ1) is 13.6. The Morgan fingerprint density at radius 2 is 2.17 bits per heavy atom. The van der Waals surface area contributed by atoms with Crippen molar-refractivity contribution < 1.29 is 13.5 Å².